The summed E-state index contributed by atoms with van der Waals surface area (Å²) in [6, 6.07) is 13.0. The Kier molecular flexibility index (Phi) is 6.84. The summed E-state index contributed by atoms with van der Waals surface area (Å²) in [6.45, 7) is 5.38. The molecule has 0 unspecified atom stereocenters. The van der Waals surface area contributed by atoms with E-state index in [-0.39, 0.29) is 18.0 Å². The maximum absolute atomic E-state index is 12.4. The second kappa shape index (κ2) is 9.73. The number of rotatable bonds is 9. The predicted octanol–water partition coefficient (Wildman–Crippen LogP) is 2.55. The molecule has 29 heavy (non-hydrogen) atoms. The maximum Gasteiger partial charge on any atom is 0.269 e. The Bertz CT molecular complexity index is 1050. The number of para-hydroxylation sites is 2. The molecule has 0 radical (unpaired) electrons. The summed E-state index contributed by atoms with van der Waals surface area (Å²) in [5, 5.41) is 2.87. The minimum Gasteiger partial charge on any atom is -0.490 e. The Balaban J connectivity index is 1.61. The van der Waals surface area contributed by atoms with E-state index in [4.69, 9.17) is 9.47 Å². The molecule has 1 heterocycles. The van der Waals surface area contributed by atoms with Gasteiger partial charge in [0, 0.05) is 6.54 Å². The molecule has 1 N–H and O–H groups in total. The first kappa shape index (κ1) is 20.4. The average molecular weight is 395 g/mol. The topological polar surface area (TPSA) is 82.5 Å². The highest BCUT2D eigenvalue weighted by Crippen LogP contribution is 2.28. The first-order chi connectivity index (χ1) is 14.1. The molecule has 1 aromatic heterocycles. The van der Waals surface area contributed by atoms with Gasteiger partial charge in [-0.15, -0.1) is 0 Å². The monoisotopic (exact) mass is 395 g/mol. The normalized spacial score (nSPS) is 10.7. The summed E-state index contributed by atoms with van der Waals surface area (Å²) >= 11 is 0. The Hall–Kier alpha value is -3.35. The minimum atomic E-state index is -0.299. The molecule has 0 spiro atoms. The fraction of sp³-hybridized carbons (Fsp3) is 0.318. The summed E-state index contributed by atoms with van der Waals surface area (Å²) < 4.78 is 12.6. The zero-order chi connectivity index (χ0) is 20.6. The van der Waals surface area contributed by atoms with Crippen molar-refractivity contribution in [2.75, 3.05) is 19.8 Å². The molecular weight excluding hydrogens is 370 g/mol. The lowest BCUT2D eigenvalue weighted by atomic mass is 10.1. The van der Waals surface area contributed by atoms with E-state index in [0.717, 1.165) is 5.56 Å². The van der Waals surface area contributed by atoms with Crippen LogP contribution in [0.4, 0.5) is 0 Å². The van der Waals surface area contributed by atoms with Crippen molar-refractivity contribution in [3.05, 3.63) is 64.6 Å². The van der Waals surface area contributed by atoms with Crippen LogP contribution in [-0.2, 0) is 17.8 Å². The smallest absolute Gasteiger partial charge is 0.269 e. The number of carbonyl (C=O) groups excluding carboxylic acids is 1. The van der Waals surface area contributed by atoms with Gasteiger partial charge in [0.2, 0.25) is 5.91 Å². The third-order valence-corrected chi connectivity index (χ3v) is 4.40. The molecule has 3 aromatic rings. The molecule has 7 heteroatoms. The van der Waals surface area contributed by atoms with Crippen LogP contribution in [0, 0.1) is 0 Å². The average Bonchev–Trinajstić information content (AvgIpc) is 2.72. The molecular formula is C22H25N3O4. The Morgan fingerprint density at radius 1 is 1.07 bits per heavy atom. The number of amides is 1. The molecule has 0 saturated heterocycles. The van der Waals surface area contributed by atoms with Crippen LogP contribution in [0.25, 0.3) is 11.0 Å². The minimum absolute atomic E-state index is 0.0463. The van der Waals surface area contributed by atoms with E-state index in [0.29, 0.717) is 48.7 Å². The van der Waals surface area contributed by atoms with Crippen LogP contribution in [0.15, 0.2) is 53.5 Å². The standard InChI is InChI=1S/C22H25N3O4/c1-3-28-19-10-9-16(13-20(19)29-4-2)11-12-23-21(26)15-25-18-8-6-5-7-17(18)24-14-22(25)27/h5-10,13-14H,3-4,11-12,15H2,1-2H3,(H,23,26). The number of nitrogens with one attached hydrogen (secondary N) is 1. The van der Waals surface area contributed by atoms with Crippen molar-refractivity contribution in [1.29, 1.82) is 0 Å². The maximum atomic E-state index is 12.4. The number of carbonyl (C=O) groups is 1. The second-order valence-corrected chi connectivity index (χ2v) is 6.42. The number of ether oxygens (including phenoxy) is 2. The van der Waals surface area contributed by atoms with Crippen molar-refractivity contribution in [3.63, 3.8) is 0 Å². The lowest BCUT2D eigenvalue weighted by molar-refractivity contribution is -0.121. The van der Waals surface area contributed by atoms with Gasteiger partial charge >= 0.3 is 0 Å². The summed E-state index contributed by atoms with van der Waals surface area (Å²) in [5.74, 6) is 1.19. The lowest BCUT2D eigenvalue weighted by Gasteiger charge is -2.13. The van der Waals surface area contributed by atoms with Crippen LogP contribution in [0.1, 0.15) is 19.4 Å². The molecule has 0 bridgehead atoms. The summed E-state index contributed by atoms with van der Waals surface area (Å²) in [7, 11) is 0. The van der Waals surface area contributed by atoms with Gasteiger partial charge in [-0.25, -0.2) is 4.98 Å². The van der Waals surface area contributed by atoms with Crippen molar-refractivity contribution < 1.29 is 14.3 Å². The molecule has 0 fully saturated rings. The number of benzene rings is 2. The Labute approximate surface area is 169 Å². The van der Waals surface area contributed by atoms with Crippen LogP contribution in [0.5, 0.6) is 11.5 Å². The number of aromatic nitrogens is 2. The van der Waals surface area contributed by atoms with E-state index >= 15 is 0 Å². The zero-order valence-electron chi connectivity index (χ0n) is 16.7. The van der Waals surface area contributed by atoms with E-state index in [1.807, 2.05) is 50.2 Å². The van der Waals surface area contributed by atoms with Gasteiger partial charge in [-0.2, -0.15) is 0 Å². The van der Waals surface area contributed by atoms with Crippen LogP contribution >= 0.6 is 0 Å². The molecule has 0 aliphatic rings. The van der Waals surface area contributed by atoms with Gasteiger partial charge in [0.1, 0.15) is 6.54 Å². The van der Waals surface area contributed by atoms with Crippen LogP contribution in [0.3, 0.4) is 0 Å². The zero-order valence-corrected chi connectivity index (χ0v) is 16.7. The number of hydrogen-bond acceptors (Lipinski definition) is 5. The largest absolute Gasteiger partial charge is 0.490 e. The molecule has 0 saturated carbocycles. The molecule has 3 rings (SSSR count). The summed E-state index contributed by atoms with van der Waals surface area (Å²) in [4.78, 5) is 28.6. The van der Waals surface area contributed by atoms with Gasteiger partial charge in [-0.1, -0.05) is 18.2 Å². The molecule has 1 amide bonds. The van der Waals surface area contributed by atoms with Gasteiger partial charge in [0.25, 0.3) is 5.56 Å². The van der Waals surface area contributed by atoms with Crippen molar-refractivity contribution >= 4 is 16.9 Å². The third-order valence-electron chi connectivity index (χ3n) is 4.40. The molecule has 7 nitrogen and oxygen atoms in total. The van der Waals surface area contributed by atoms with Gasteiger partial charge in [0.15, 0.2) is 11.5 Å². The van der Waals surface area contributed by atoms with Gasteiger partial charge in [-0.3, -0.25) is 14.2 Å². The molecule has 0 aliphatic carbocycles. The highest BCUT2D eigenvalue weighted by Gasteiger charge is 2.10. The summed E-state index contributed by atoms with van der Waals surface area (Å²) in [5.41, 5.74) is 2.05. The fourth-order valence-corrected chi connectivity index (χ4v) is 3.07. The summed E-state index contributed by atoms with van der Waals surface area (Å²) in [6.07, 6.45) is 1.88. The van der Waals surface area contributed by atoms with Crippen molar-refractivity contribution in [3.8, 4) is 11.5 Å². The molecule has 0 atom stereocenters. The van der Waals surface area contributed by atoms with E-state index in [1.54, 1.807) is 6.07 Å². The van der Waals surface area contributed by atoms with Crippen molar-refractivity contribution in [1.82, 2.24) is 14.9 Å². The van der Waals surface area contributed by atoms with Crippen LogP contribution in [0.2, 0.25) is 0 Å². The first-order valence-electron chi connectivity index (χ1n) is 9.72. The molecule has 2 aromatic carbocycles. The van der Waals surface area contributed by atoms with Crippen molar-refractivity contribution in [2.45, 2.75) is 26.8 Å². The van der Waals surface area contributed by atoms with E-state index in [1.165, 1.54) is 10.8 Å². The SMILES string of the molecule is CCOc1ccc(CCNC(=O)Cn2c(=O)cnc3ccccc32)cc1OCC. The Morgan fingerprint density at radius 3 is 2.62 bits per heavy atom. The van der Waals surface area contributed by atoms with Crippen LogP contribution in [-0.4, -0.2) is 35.2 Å². The fourth-order valence-electron chi connectivity index (χ4n) is 3.07. The van der Waals surface area contributed by atoms with Crippen LogP contribution < -0.4 is 20.3 Å². The highest BCUT2D eigenvalue weighted by atomic mass is 16.5. The molecule has 0 aliphatic heterocycles. The number of fused-ring (bicyclic) bond motifs is 1. The second-order valence-electron chi connectivity index (χ2n) is 6.42. The quantitative estimate of drug-likeness (QED) is 0.602. The van der Waals surface area contributed by atoms with Gasteiger partial charge in [0.05, 0.1) is 30.4 Å². The first-order valence-corrected chi connectivity index (χ1v) is 9.72. The highest BCUT2D eigenvalue weighted by molar-refractivity contribution is 5.79. The van der Waals surface area contributed by atoms with Gasteiger partial charge in [-0.05, 0) is 50.1 Å². The number of hydrogen-bond donors (Lipinski definition) is 1. The van der Waals surface area contributed by atoms with Gasteiger partial charge < -0.3 is 14.8 Å². The molecule has 152 valence electrons. The predicted molar refractivity (Wildman–Crippen MR) is 111 cm³/mol. The Morgan fingerprint density at radius 2 is 1.83 bits per heavy atom. The van der Waals surface area contributed by atoms with E-state index in [9.17, 15) is 9.59 Å². The van der Waals surface area contributed by atoms with E-state index in [2.05, 4.69) is 10.3 Å². The lowest BCUT2D eigenvalue weighted by Crippen LogP contribution is -2.33. The third kappa shape index (κ3) is 5.13. The number of nitrogens with zero attached hydrogens (tertiary/aromatic N) is 2. The van der Waals surface area contributed by atoms with Crippen molar-refractivity contribution in [2.24, 2.45) is 0 Å². The van der Waals surface area contributed by atoms with E-state index < -0.39 is 0 Å².